The highest BCUT2D eigenvalue weighted by Gasteiger charge is 2.20. The summed E-state index contributed by atoms with van der Waals surface area (Å²) in [6.07, 6.45) is 3.63. The van der Waals surface area contributed by atoms with Gasteiger partial charge in [-0.25, -0.2) is 4.98 Å². The van der Waals surface area contributed by atoms with Gasteiger partial charge in [-0.2, -0.15) is 4.98 Å². The van der Waals surface area contributed by atoms with Crippen LogP contribution in [-0.4, -0.2) is 60.7 Å². The van der Waals surface area contributed by atoms with Gasteiger partial charge in [0.15, 0.2) is 0 Å². The second kappa shape index (κ2) is 8.82. The molecule has 0 aromatic carbocycles. The molecule has 0 spiro atoms. The topological polar surface area (TPSA) is 76.6 Å². The molecule has 1 amide bonds. The highest BCUT2D eigenvalue weighted by Crippen LogP contribution is 2.22. The van der Waals surface area contributed by atoms with E-state index in [1.165, 1.54) is 27.1 Å². The van der Waals surface area contributed by atoms with Crippen molar-refractivity contribution >= 4 is 5.91 Å². The maximum atomic E-state index is 12.5. The highest BCUT2D eigenvalue weighted by molar-refractivity contribution is 5.79. The summed E-state index contributed by atoms with van der Waals surface area (Å²) in [5.41, 5.74) is 1.40. The van der Waals surface area contributed by atoms with Crippen LogP contribution in [0.25, 0.3) is 0 Å². The lowest BCUT2D eigenvalue weighted by atomic mass is 10.1. The fourth-order valence-corrected chi connectivity index (χ4v) is 3.00. The molecule has 2 rings (SSSR count). The number of carbonyl (C=O) groups excluding carboxylic acids is 1. The van der Waals surface area contributed by atoms with E-state index in [4.69, 9.17) is 9.47 Å². The molecule has 1 aliphatic heterocycles. The Morgan fingerprint density at radius 3 is 2.54 bits per heavy atom. The average molecular weight is 336 g/mol. The predicted octanol–water partition coefficient (Wildman–Crippen LogP) is 1.34. The van der Waals surface area contributed by atoms with Crippen molar-refractivity contribution in [2.24, 2.45) is 0 Å². The molecule has 1 N–H and O–H groups in total. The van der Waals surface area contributed by atoms with Gasteiger partial charge >= 0.3 is 6.01 Å². The Balaban J connectivity index is 2.00. The second-order valence-corrected chi connectivity index (χ2v) is 6.14. The van der Waals surface area contributed by atoms with Gasteiger partial charge < -0.3 is 19.7 Å². The maximum absolute atomic E-state index is 12.5. The van der Waals surface area contributed by atoms with Crippen molar-refractivity contribution in [3.8, 4) is 11.9 Å². The molecule has 2 heterocycles. The Morgan fingerprint density at radius 2 is 1.96 bits per heavy atom. The first-order valence-electron chi connectivity index (χ1n) is 8.54. The Hall–Kier alpha value is -1.89. The van der Waals surface area contributed by atoms with Gasteiger partial charge in [0.2, 0.25) is 11.8 Å². The molecule has 7 nitrogen and oxygen atoms in total. The molecule has 1 saturated heterocycles. The number of carbonyl (C=O) groups is 1. The zero-order chi connectivity index (χ0) is 17.5. The van der Waals surface area contributed by atoms with Crippen LogP contribution in [0.5, 0.6) is 11.9 Å². The largest absolute Gasteiger partial charge is 0.481 e. The predicted molar refractivity (Wildman–Crippen MR) is 91.5 cm³/mol. The van der Waals surface area contributed by atoms with E-state index in [9.17, 15) is 4.79 Å². The van der Waals surface area contributed by atoms with E-state index in [0.29, 0.717) is 17.1 Å². The van der Waals surface area contributed by atoms with Gasteiger partial charge in [0.05, 0.1) is 26.3 Å². The standard InChI is InChI=1S/C17H28N4O3/c1-5-13(11-21-8-6-7-9-21)19-15(22)10-14-12(2)18-17(24-4)20-16(14)23-3/h13H,5-11H2,1-4H3,(H,19,22). The Morgan fingerprint density at radius 1 is 1.25 bits per heavy atom. The van der Waals surface area contributed by atoms with E-state index in [2.05, 4.69) is 27.1 Å². The van der Waals surface area contributed by atoms with Crippen LogP contribution in [0.15, 0.2) is 0 Å². The van der Waals surface area contributed by atoms with Crippen LogP contribution >= 0.6 is 0 Å². The number of nitrogens with zero attached hydrogens (tertiary/aromatic N) is 3. The average Bonchev–Trinajstić information content (AvgIpc) is 3.08. The normalized spacial score (nSPS) is 16.0. The summed E-state index contributed by atoms with van der Waals surface area (Å²) in [6.45, 7) is 7.11. The van der Waals surface area contributed by atoms with Crippen molar-refractivity contribution < 1.29 is 14.3 Å². The molecule has 134 valence electrons. The smallest absolute Gasteiger partial charge is 0.319 e. The summed E-state index contributed by atoms with van der Waals surface area (Å²) in [5.74, 6) is 0.360. The summed E-state index contributed by atoms with van der Waals surface area (Å²) in [6, 6.07) is 0.412. The third-order valence-corrected chi connectivity index (χ3v) is 4.40. The number of methoxy groups -OCH3 is 2. The molecule has 1 fully saturated rings. The number of amides is 1. The van der Waals surface area contributed by atoms with Gasteiger partial charge in [0.1, 0.15) is 0 Å². The van der Waals surface area contributed by atoms with Crippen molar-refractivity contribution in [2.45, 2.75) is 45.6 Å². The van der Waals surface area contributed by atoms with Crippen LogP contribution in [-0.2, 0) is 11.2 Å². The van der Waals surface area contributed by atoms with Crippen LogP contribution in [0.1, 0.15) is 37.4 Å². The SMILES string of the molecule is CCC(CN1CCCC1)NC(=O)Cc1c(C)nc(OC)nc1OC. The van der Waals surface area contributed by atoms with E-state index < -0.39 is 0 Å². The van der Waals surface area contributed by atoms with E-state index in [0.717, 1.165) is 26.1 Å². The Labute approximate surface area is 143 Å². The summed E-state index contributed by atoms with van der Waals surface area (Å²) in [7, 11) is 3.04. The van der Waals surface area contributed by atoms with Gasteiger partial charge in [0, 0.05) is 18.2 Å². The van der Waals surface area contributed by atoms with Crippen LogP contribution in [0.2, 0.25) is 0 Å². The number of hydrogen-bond donors (Lipinski definition) is 1. The van der Waals surface area contributed by atoms with E-state index in [1.54, 1.807) is 0 Å². The highest BCUT2D eigenvalue weighted by atomic mass is 16.5. The quantitative estimate of drug-likeness (QED) is 0.772. The second-order valence-electron chi connectivity index (χ2n) is 6.14. The first-order chi connectivity index (χ1) is 11.6. The first-order valence-corrected chi connectivity index (χ1v) is 8.54. The van der Waals surface area contributed by atoms with Crippen LogP contribution in [0, 0.1) is 6.92 Å². The molecule has 0 aliphatic carbocycles. The van der Waals surface area contributed by atoms with Crippen LogP contribution < -0.4 is 14.8 Å². The zero-order valence-corrected chi connectivity index (χ0v) is 15.1. The number of aromatic nitrogens is 2. The van der Waals surface area contributed by atoms with Gasteiger partial charge in [-0.3, -0.25) is 4.79 Å². The molecule has 1 aromatic heterocycles. The molecule has 0 radical (unpaired) electrons. The summed E-state index contributed by atoms with van der Waals surface area (Å²) in [5, 5.41) is 3.13. The van der Waals surface area contributed by atoms with Crippen LogP contribution in [0.3, 0.4) is 0 Å². The van der Waals surface area contributed by atoms with Crippen molar-refractivity contribution in [3.05, 3.63) is 11.3 Å². The summed E-state index contributed by atoms with van der Waals surface area (Å²) >= 11 is 0. The number of ether oxygens (including phenoxy) is 2. The fraction of sp³-hybridized carbons (Fsp3) is 0.706. The lowest BCUT2D eigenvalue weighted by Crippen LogP contribution is -2.43. The molecule has 1 aliphatic rings. The number of nitrogens with one attached hydrogen (secondary N) is 1. The lowest BCUT2D eigenvalue weighted by molar-refractivity contribution is -0.121. The molecule has 1 unspecified atom stereocenters. The van der Waals surface area contributed by atoms with Crippen LogP contribution in [0.4, 0.5) is 0 Å². The van der Waals surface area contributed by atoms with Crippen molar-refractivity contribution in [1.82, 2.24) is 20.2 Å². The van der Waals surface area contributed by atoms with Gasteiger partial charge in [-0.15, -0.1) is 0 Å². The minimum Gasteiger partial charge on any atom is -0.481 e. The third kappa shape index (κ3) is 4.80. The molecular weight excluding hydrogens is 308 g/mol. The summed E-state index contributed by atoms with van der Waals surface area (Å²) in [4.78, 5) is 23.3. The summed E-state index contributed by atoms with van der Waals surface area (Å²) < 4.78 is 10.3. The van der Waals surface area contributed by atoms with E-state index in [-0.39, 0.29) is 24.4 Å². The van der Waals surface area contributed by atoms with E-state index in [1.807, 2.05) is 6.92 Å². The molecule has 1 aromatic rings. The minimum atomic E-state index is -0.0313. The number of aryl methyl sites for hydroxylation is 1. The third-order valence-electron chi connectivity index (χ3n) is 4.40. The monoisotopic (exact) mass is 336 g/mol. The van der Waals surface area contributed by atoms with E-state index >= 15 is 0 Å². The zero-order valence-electron chi connectivity index (χ0n) is 15.1. The molecule has 0 saturated carbocycles. The van der Waals surface area contributed by atoms with Gasteiger partial charge in [-0.05, 0) is 39.3 Å². The fourth-order valence-electron chi connectivity index (χ4n) is 3.00. The number of rotatable bonds is 8. The maximum Gasteiger partial charge on any atom is 0.319 e. The minimum absolute atomic E-state index is 0.0313. The molecular formula is C17H28N4O3. The molecule has 24 heavy (non-hydrogen) atoms. The van der Waals surface area contributed by atoms with Crippen molar-refractivity contribution in [1.29, 1.82) is 0 Å². The number of hydrogen-bond acceptors (Lipinski definition) is 6. The number of likely N-dealkylation sites (tertiary alicyclic amines) is 1. The van der Waals surface area contributed by atoms with Crippen molar-refractivity contribution in [3.63, 3.8) is 0 Å². The first kappa shape index (κ1) is 18.4. The molecule has 0 bridgehead atoms. The molecule has 7 heteroatoms. The molecule has 1 atom stereocenters. The van der Waals surface area contributed by atoms with Gasteiger partial charge in [-0.1, -0.05) is 6.92 Å². The Kier molecular flexibility index (Phi) is 6.78. The van der Waals surface area contributed by atoms with Gasteiger partial charge in [0.25, 0.3) is 0 Å². The Bertz CT molecular complexity index is 559. The lowest BCUT2D eigenvalue weighted by Gasteiger charge is -2.23. The van der Waals surface area contributed by atoms with Crippen molar-refractivity contribution in [2.75, 3.05) is 33.9 Å².